The van der Waals surface area contributed by atoms with E-state index in [-0.39, 0.29) is 12.6 Å². The number of aliphatic carboxylic acids is 1. The van der Waals surface area contributed by atoms with Crippen LogP contribution < -0.4 is 0 Å². The zero-order valence-corrected chi connectivity index (χ0v) is 24.1. The molecule has 38 heavy (non-hydrogen) atoms. The Morgan fingerprint density at radius 3 is 2.05 bits per heavy atom. The van der Waals surface area contributed by atoms with Crippen LogP contribution in [0.3, 0.4) is 0 Å². The Labute approximate surface area is 232 Å². The molecule has 0 aliphatic carbocycles. The van der Waals surface area contributed by atoms with Crippen LogP contribution in [0.4, 0.5) is 0 Å². The van der Waals surface area contributed by atoms with E-state index in [2.05, 4.69) is 31.0 Å². The van der Waals surface area contributed by atoms with Gasteiger partial charge in [-0.1, -0.05) is 94.4 Å². The molecule has 1 N–H and O–H groups in total. The lowest BCUT2D eigenvalue weighted by Crippen LogP contribution is -2.35. The normalized spacial score (nSPS) is 19.6. The fraction of sp³-hybridized carbons (Fsp3) is 0.697. The number of nitrogens with zero attached hydrogens (tertiary/aromatic N) is 1. The molecule has 2 saturated heterocycles. The molecule has 1 aromatic carbocycles. The van der Waals surface area contributed by atoms with Crippen molar-refractivity contribution in [2.75, 3.05) is 13.7 Å². The minimum atomic E-state index is -0.977. The van der Waals surface area contributed by atoms with Crippen LogP contribution in [0.15, 0.2) is 42.5 Å². The molecule has 2 aliphatic rings. The Morgan fingerprint density at radius 2 is 1.47 bits per heavy atom. The molecule has 214 valence electrons. The summed E-state index contributed by atoms with van der Waals surface area (Å²) >= 11 is 0. The van der Waals surface area contributed by atoms with Crippen molar-refractivity contribution >= 4 is 11.9 Å². The molecule has 5 nitrogen and oxygen atoms in total. The monoisotopic (exact) mass is 527 g/mol. The van der Waals surface area contributed by atoms with Gasteiger partial charge in [0.05, 0.1) is 0 Å². The summed E-state index contributed by atoms with van der Waals surface area (Å²) in [4.78, 5) is 25.9. The summed E-state index contributed by atoms with van der Waals surface area (Å²) in [5.74, 6) is -2.11. The highest BCUT2D eigenvalue weighted by atomic mass is 16.5. The Hall–Kier alpha value is -2.14. The molecular weight excluding hydrogens is 474 g/mol. The largest absolute Gasteiger partial charge is 0.481 e. The number of ether oxygens (including phenoxy) is 1. The number of unbranched alkanes of at least 4 members (excludes halogenated alkanes) is 9. The number of carboxylic acids is 1. The molecular formula is C33H53NO4. The summed E-state index contributed by atoms with van der Waals surface area (Å²) in [6.45, 7) is 2.13. The third kappa shape index (κ3) is 13.1. The van der Waals surface area contributed by atoms with E-state index < -0.39 is 11.9 Å². The zero-order chi connectivity index (χ0) is 27.4. The second-order valence-electron chi connectivity index (χ2n) is 11.1. The highest BCUT2D eigenvalue weighted by Crippen LogP contribution is 2.33. The van der Waals surface area contributed by atoms with E-state index >= 15 is 0 Å². The molecule has 3 atom stereocenters. The Bertz CT molecular complexity index is 777. The molecule has 0 spiro atoms. The molecule has 3 unspecified atom stereocenters. The Kier molecular flexibility index (Phi) is 16.8. The highest BCUT2D eigenvalue weighted by Gasteiger charge is 2.33. The van der Waals surface area contributed by atoms with Crippen LogP contribution in [0.5, 0.6) is 0 Å². The molecule has 0 aromatic heterocycles. The van der Waals surface area contributed by atoms with Crippen molar-refractivity contribution in [3.8, 4) is 0 Å². The number of fused-ring (bicyclic) bond motifs is 2. The summed E-state index contributed by atoms with van der Waals surface area (Å²) < 4.78 is 5.19. The van der Waals surface area contributed by atoms with E-state index in [0.717, 1.165) is 37.8 Å². The summed E-state index contributed by atoms with van der Waals surface area (Å²) in [5.41, 5.74) is 0.652. The predicted octanol–water partition coefficient (Wildman–Crippen LogP) is 8.29. The first kappa shape index (κ1) is 32.1. The van der Waals surface area contributed by atoms with E-state index in [1.165, 1.54) is 77.0 Å². The summed E-state index contributed by atoms with van der Waals surface area (Å²) in [6.07, 6.45) is 25.3. The molecule has 0 saturated carbocycles. The van der Waals surface area contributed by atoms with Gasteiger partial charge in [-0.2, -0.15) is 0 Å². The van der Waals surface area contributed by atoms with E-state index in [4.69, 9.17) is 4.74 Å². The SMILES string of the molecule is CCCCCCCCC/C=C\CCCCC(=O)OCC(C(=O)O)c1ccccc1.CN1C2CCCC1CC2. The van der Waals surface area contributed by atoms with Crippen LogP contribution in [0.2, 0.25) is 0 Å². The third-order valence-electron chi connectivity index (χ3n) is 8.11. The van der Waals surface area contributed by atoms with Crippen molar-refractivity contribution in [3.63, 3.8) is 0 Å². The standard InChI is InChI=1S/C25H38O4.C8H15N/c1-2-3-4-5-6-7-8-9-10-11-12-13-17-20-24(26)29-21-23(25(27)28)22-18-15-14-16-19-22;1-9-7-3-2-4-8(9)6-5-7/h10-11,14-16,18-19,23H,2-9,12-13,17,20-21H2,1H3,(H,27,28);7-8H,2-6H2,1H3/b11-10-;. The van der Waals surface area contributed by atoms with E-state index in [9.17, 15) is 14.7 Å². The Balaban J connectivity index is 0.000000464. The second kappa shape index (κ2) is 19.9. The van der Waals surface area contributed by atoms with E-state index in [1.54, 1.807) is 24.3 Å². The minimum Gasteiger partial charge on any atom is -0.481 e. The number of allylic oxidation sites excluding steroid dienone is 2. The lowest BCUT2D eigenvalue weighted by Gasteiger charge is -2.30. The number of hydrogen-bond acceptors (Lipinski definition) is 4. The van der Waals surface area contributed by atoms with E-state index in [0.29, 0.717) is 12.0 Å². The number of rotatable bonds is 17. The number of benzene rings is 1. The van der Waals surface area contributed by atoms with Gasteiger partial charge in [0.1, 0.15) is 12.5 Å². The molecule has 0 radical (unpaired) electrons. The van der Waals surface area contributed by atoms with Gasteiger partial charge in [-0.3, -0.25) is 9.59 Å². The van der Waals surface area contributed by atoms with Crippen molar-refractivity contribution < 1.29 is 19.4 Å². The minimum absolute atomic E-state index is 0.115. The molecule has 2 heterocycles. The van der Waals surface area contributed by atoms with Gasteiger partial charge in [0.15, 0.2) is 0 Å². The van der Waals surface area contributed by atoms with Gasteiger partial charge in [-0.25, -0.2) is 0 Å². The quantitative estimate of drug-likeness (QED) is 0.125. The van der Waals surface area contributed by atoms with Gasteiger partial charge >= 0.3 is 11.9 Å². The predicted molar refractivity (Wildman–Crippen MR) is 156 cm³/mol. The van der Waals surface area contributed by atoms with Crippen LogP contribution in [-0.2, 0) is 14.3 Å². The molecule has 5 heteroatoms. The maximum Gasteiger partial charge on any atom is 0.314 e. The first-order valence-corrected chi connectivity index (χ1v) is 15.3. The average Bonchev–Trinajstić information content (AvgIpc) is 3.10. The van der Waals surface area contributed by atoms with Crippen molar-refractivity contribution in [2.45, 2.75) is 134 Å². The topological polar surface area (TPSA) is 66.8 Å². The maximum absolute atomic E-state index is 11.9. The average molecular weight is 528 g/mol. The van der Waals surface area contributed by atoms with Crippen LogP contribution >= 0.6 is 0 Å². The summed E-state index contributed by atoms with van der Waals surface area (Å²) in [5, 5.41) is 9.34. The number of hydrogen-bond donors (Lipinski definition) is 1. The third-order valence-corrected chi connectivity index (χ3v) is 8.11. The second-order valence-corrected chi connectivity index (χ2v) is 11.1. The lowest BCUT2D eigenvalue weighted by molar-refractivity contribution is -0.148. The molecule has 1 aromatic rings. The Morgan fingerprint density at radius 1 is 0.895 bits per heavy atom. The van der Waals surface area contributed by atoms with Crippen molar-refractivity contribution in [1.29, 1.82) is 0 Å². The number of piperidine rings is 1. The smallest absolute Gasteiger partial charge is 0.314 e. The molecule has 3 rings (SSSR count). The van der Waals surface area contributed by atoms with Crippen molar-refractivity contribution in [2.24, 2.45) is 0 Å². The molecule has 2 bridgehead atoms. The van der Waals surface area contributed by atoms with Crippen molar-refractivity contribution in [3.05, 3.63) is 48.0 Å². The molecule has 2 aliphatic heterocycles. The number of esters is 1. The van der Waals surface area contributed by atoms with Crippen LogP contribution in [-0.4, -0.2) is 47.7 Å². The first-order chi connectivity index (χ1) is 18.5. The zero-order valence-electron chi connectivity index (χ0n) is 24.1. The maximum atomic E-state index is 11.9. The van der Waals surface area contributed by atoms with Crippen LogP contribution in [0, 0.1) is 0 Å². The molecule has 2 fully saturated rings. The van der Waals surface area contributed by atoms with Crippen LogP contribution in [0.1, 0.15) is 128 Å². The van der Waals surface area contributed by atoms with Gasteiger partial charge < -0.3 is 14.7 Å². The first-order valence-electron chi connectivity index (χ1n) is 15.3. The fourth-order valence-electron chi connectivity index (χ4n) is 5.61. The lowest BCUT2D eigenvalue weighted by atomic mass is 10.0. The fourth-order valence-corrected chi connectivity index (χ4v) is 5.61. The van der Waals surface area contributed by atoms with Gasteiger partial charge in [0.25, 0.3) is 0 Å². The molecule has 0 amide bonds. The number of carbonyl (C=O) groups excluding carboxylic acids is 1. The number of carbonyl (C=O) groups is 2. The van der Waals surface area contributed by atoms with Gasteiger partial charge in [-0.15, -0.1) is 0 Å². The van der Waals surface area contributed by atoms with Crippen molar-refractivity contribution in [1.82, 2.24) is 4.90 Å². The van der Waals surface area contributed by atoms with E-state index in [1.807, 2.05) is 6.07 Å². The summed E-state index contributed by atoms with van der Waals surface area (Å²) in [6, 6.07) is 10.8. The highest BCUT2D eigenvalue weighted by molar-refractivity contribution is 5.77. The van der Waals surface area contributed by atoms with Crippen LogP contribution in [0.25, 0.3) is 0 Å². The number of carboxylic acid groups (broad SMARTS) is 1. The summed E-state index contributed by atoms with van der Waals surface area (Å²) in [7, 11) is 2.29. The van der Waals surface area contributed by atoms with Gasteiger partial charge in [-0.05, 0) is 70.4 Å². The van der Waals surface area contributed by atoms with Gasteiger partial charge in [0.2, 0.25) is 0 Å². The van der Waals surface area contributed by atoms with Gasteiger partial charge in [0, 0.05) is 18.5 Å².